The minimum absolute atomic E-state index is 0.0556. The molecule has 0 unspecified atom stereocenters. The van der Waals surface area contributed by atoms with Crippen LogP contribution in [-0.4, -0.2) is 40.5 Å². The normalized spacial score (nSPS) is 15.0. The van der Waals surface area contributed by atoms with Crippen LogP contribution in [0.1, 0.15) is 47.3 Å². The second-order valence-corrected chi connectivity index (χ2v) is 7.39. The number of rotatable bonds is 5. The van der Waals surface area contributed by atoms with Crippen molar-refractivity contribution in [2.75, 3.05) is 19.7 Å². The van der Waals surface area contributed by atoms with Gasteiger partial charge in [0.05, 0.1) is 17.5 Å². The first kappa shape index (κ1) is 19.3. The fourth-order valence-electron chi connectivity index (χ4n) is 3.87. The molecule has 0 aliphatic carbocycles. The Hall–Kier alpha value is -2.99. The Balaban J connectivity index is 1.41. The van der Waals surface area contributed by atoms with Crippen molar-refractivity contribution in [2.24, 2.45) is 0 Å². The summed E-state index contributed by atoms with van der Waals surface area (Å²) < 4.78 is 5.40. The number of ether oxygens (including phenoxy) is 1. The number of nitrogens with zero attached hydrogens (tertiary/aromatic N) is 2. The zero-order valence-corrected chi connectivity index (χ0v) is 16.6. The van der Waals surface area contributed by atoms with Crippen molar-refractivity contribution in [3.05, 3.63) is 75.8 Å². The molecule has 0 saturated carbocycles. The monoisotopic (exact) mass is 391 g/mol. The molecule has 3 aromatic rings. The molecule has 1 aliphatic heterocycles. The van der Waals surface area contributed by atoms with E-state index in [1.807, 2.05) is 42.2 Å². The van der Waals surface area contributed by atoms with E-state index in [0.29, 0.717) is 37.3 Å². The predicted octanol–water partition coefficient (Wildman–Crippen LogP) is 3.48. The number of piperidine rings is 1. The van der Waals surface area contributed by atoms with Crippen molar-refractivity contribution in [1.82, 2.24) is 14.9 Å². The lowest BCUT2D eigenvalue weighted by atomic mass is 9.92. The van der Waals surface area contributed by atoms with Gasteiger partial charge in [0.2, 0.25) is 0 Å². The van der Waals surface area contributed by atoms with Crippen molar-refractivity contribution >= 4 is 16.8 Å². The molecule has 6 nitrogen and oxygen atoms in total. The van der Waals surface area contributed by atoms with Crippen LogP contribution in [0, 0.1) is 0 Å². The van der Waals surface area contributed by atoms with Crippen LogP contribution < -0.4 is 5.56 Å². The first-order valence-electron chi connectivity index (χ1n) is 10.1. The summed E-state index contributed by atoms with van der Waals surface area (Å²) in [6, 6.07) is 13.2. The molecule has 1 N–H and O–H groups in total. The van der Waals surface area contributed by atoms with Gasteiger partial charge in [0, 0.05) is 43.1 Å². The van der Waals surface area contributed by atoms with Gasteiger partial charge in [-0.3, -0.25) is 14.6 Å². The molecule has 29 heavy (non-hydrogen) atoms. The number of pyridine rings is 2. The number of likely N-dealkylation sites (tertiary alicyclic amines) is 1. The van der Waals surface area contributed by atoms with E-state index in [2.05, 4.69) is 9.97 Å². The van der Waals surface area contributed by atoms with Crippen molar-refractivity contribution in [1.29, 1.82) is 0 Å². The molecular formula is C23H25N3O3. The van der Waals surface area contributed by atoms with Crippen LogP contribution in [-0.2, 0) is 11.3 Å². The molecule has 0 spiro atoms. The fraction of sp³-hybridized carbons (Fsp3) is 0.348. The van der Waals surface area contributed by atoms with E-state index in [0.717, 1.165) is 29.6 Å². The second-order valence-electron chi connectivity index (χ2n) is 7.39. The third-order valence-electron chi connectivity index (χ3n) is 5.53. The summed E-state index contributed by atoms with van der Waals surface area (Å²) >= 11 is 0. The van der Waals surface area contributed by atoms with Crippen LogP contribution in [0.4, 0.5) is 0 Å². The molecular weight excluding hydrogens is 366 g/mol. The summed E-state index contributed by atoms with van der Waals surface area (Å²) in [5.74, 6) is 0.284. The number of carbonyl (C=O) groups is 1. The zero-order valence-electron chi connectivity index (χ0n) is 16.6. The molecule has 1 aromatic carbocycles. The van der Waals surface area contributed by atoms with E-state index >= 15 is 0 Å². The average Bonchev–Trinajstić information content (AvgIpc) is 2.77. The topological polar surface area (TPSA) is 75.3 Å². The number of fused-ring (bicyclic) bond motifs is 1. The molecule has 3 heterocycles. The van der Waals surface area contributed by atoms with Gasteiger partial charge in [0.25, 0.3) is 11.5 Å². The lowest BCUT2D eigenvalue weighted by Crippen LogP contribution is -2.38. The molecule has 1 aliphatic rings. The first-order valence-corrected chi connectivity index (χ1v) is 10.1. The number of carbonyl (C=O) groups excluding carboxylic acids is 1. The molecule has 4 rings (SSSR count). The van der Waals surface area contributed by atoms with Crippen molar-refractivity contribution < 1.29 is 9.53 Å². The quantitative estimate of drug-likeness (QED) is 0.723. The number of H-pyrrole nitrogens is 1. The number of aromatic nitrogens is 2. The van der Waals surface area contributed by atoms with Crippen molar-refractivity contribution in [3.8, 4) is 0 Å². The number of amides is 1. The maximum atomic E-state index is 12.8. The van der Waals surface area contributed by atoms with Crippen LogP contribution in [0.25, 0.3) is 10.9 Å². The molecule has 1 amide bonds. The van der Waals surface area contributed by atoms with Gasteiger partial charge in [0.15, 0.2) is 0 Å². The average molecular weight is 391 g/mol. The number of benzene rings is 1. The maximum Gasteiger partial charge on any atom is 0.257 e. The smallest absolute Gasteiger partial charge is 0.257 e. The van der Waals surface area contributed by atoms with Gasteiger partial charge in [-0.15, -0.1) is 0 Å². The van der Waals surface area contributed by atoms with E-state index < -0.39 is 0 Å². The highest BCUT2D eigenvalue weighted by Gasteiger charge is 2.25. The van der Waals surface area contributed by atoms with E-state index in [1.54, 1.807) is 18.3 Å². The molecule has 0 atom stereocenters. The van der Waals surface area contributed by atoms with Crippen molar-refractivity contribution in [2.45, 2.75) is 32.3 Å². The summed E-state index contributed by atoms with van der Waals surface area (Å²) in [5.41, 5.74) is 3.30. The minimum atomic E-state index is -0.101. The van der Waals surface area contributed by atoms with Gasteiger partial charge in [-0.05, 0) is 55.7 Å². The zero-order chi connectivity index (χ0) is 20.2. The van der Waals surface area contributed by atoms with Crippen LogP contribution >= 0.6 is 0 Å². The van der Waals surface area contributed by atoms with Crippen LogP contribution in [0.2, 0.25) is 0 Å². The Morgan fingerprint density at radius 3 is 2.69 bits per heavy atom. The highest BCUT2D eigenvalue weighted by Crippen LogP contribution is 2.28. The van der Waals surface area contributed by atoms with E-state index in [9.17, 15) is 9.59 Å². The second kappa shape index (κ2) is 8.57. The highest BCUT2D eigenvalue weighted by atomic mass is 16.5. The molecule has 150 valence electrons. The predicted molar refractivity (Wildman–Crippen MR) is 112 cm³/mol. The summed E-state index contributed by atoms with van der Waals surface area (Å²) in [6.45, 7) is 4.55. The Kier molecular flexibility index (Phi) is 5.71. The molecule has 6 heteroatoms. The molecule has 1 saturated heterocycles. The van der Waals surface area contributed by atoms with Gasteiger partial charge >= 0.3 is 0 Å². The van der Waals surface area contributed by atoms with E-state index in [4.69, 9.17) is 4.74 Å². The Labute approximate surface area is 169 Å². The Morgan fingerprint density at radius 2 is 1.97 bits per heavy atom. The van der Waals surface area contributed by atoms with E-state index in [-0.39, 0.29) is 17.4 Å². The molecule has 1 fully saturated rings. The molecule has 0 bridgehead atoms. The van der Waals surface area contributed by atoms with Gasteiger partial charge in [-0.1, -0.05) is 12.1 Å². The van der Waals surface area contributed by atoms with Crippen molar-refractivity contribution in [3.63, 3.8) is 0 Å². The number of nitrogens with one attached hydrogen (secondary N) is 1. The van der Waals surface area contributed by atoms with E-state index in [1.165, 1.54) is 0 Å². The third-order valence-corrected chi connectivity index (χ3v) is 5.53. The summed E-state index contributed by atoms with van der Waals surface area (Å²) in [6.07, 6.45) is 3.34. The SMILES string of the molecule is CCOCc1ccc(C(=O)N2CCC(c3cc4ncccc4c(=O)[nH]3)CC2)cc1. The largest absolute Gasteiger partial charge is 0.377 e. The fourth-order valence-corrected chi connectivity index (χ4v) is 3.87. The lowest BCUT2D eigenvalue weighted by molar-refractivity contribution is 0.0712. The number of hydrogen-bond acceptors (Lipinski definition) is 4. The van der Waals surface area contributed by atoms with Gasteiger partial charge in [-0.2, -0.15) is 0 Å². The van der Waals surface area contributed by atoms with Crippen LogP contribution in [0.5, 0.6) is 0 Å². The minimum Gasteiger partial charge on any atom is -0.377 e. The first-order chi connectivity index (χ1) is 14.2. The summed E-state index contributed by atoms with van der Waals surface area (Å²) in [7, 11) is 0. The molecule has 2 aromatic heterocycles. The summed E-state index contributed by atoms with van der Waals surface area (Å²) in [4.78, 5) is 34.4. The van der Waals surface area contributed by atoms with Crippen LogP contribution in [0.15, 0.2) is 53.5 Å². The lowest BCUT2D eigenvalue weighted by Gasteiger charge is -2.32. The maximum absolute atomic E-state index is 12.8. The van der Waals surface area contributed by atoms with Gasteiger partial charge in [-0.25, -0.2) is 0 Å². The van der Waals surface area contributed by atoms with Crippen LogP contribution in [0.3, 0.4) is 0 Å². The Morgan fingerprint density at radius 1 is 1.21 bits per heavy atom. The highest BCUT2D eigenvalue weighted by molar-refractivity contribution is 5.94. The third kappa shape index (κ3) is 4.22. The Bertz CT molecular complexity index is 1050. The standard InChI is InChI=1S/C23H25N3O3/c1-2-29-15-16-5-7-18(8-6-16)23(28)26-12-9-17(10-13-26)20-14-21-19(22(27)25-20)4-3-11-24-21/h3-8,11,14,17H,2,9-10,12-13,15H2,1H3,(H,25,27). The van der Waals surface area contributed by atoms with Gasteiger partial charge in [0.1, 0.15) is 0 Å². The molecule has 0 radical (unpaired) electrons. The van der Waals surface area contributed by atoms with Gasteiger partial charge < -0.3 is 14.6 Å². The number of hydrogen-bond donors (Lipinski definition) is 1. The summed E-state index contributed by atoms with van der Waals surface area (Å²) in [5, 5.41) is 0.608. The number of aromatic amines is 1.